The smallest absolute Gasteiger partial charge is 0.0926 e. The lowest BCUT2D eigenvalue weighted by atomic mass is 9.85. The van der Waals surface area contributed by atoms with Crippen LogP contribution in [0.3, 0.4) is 0 Å². The summed E-state index contributed by atoms with van der Waals surface area (Å²) in [7, 11) is 0. The normalized spacial score (nSPS) is 12.0. The van der Waals surface area contributed by atoms with E-state index in [1.54, 1.807) is 12.4 Å². The van der Waals surface area contributed by atoms with Gasteiger partial charge in [-0.2, -0.15) is 0 Å². The minimum absolute atomic E-state index is 0.113. The van der Waals surface area contributed by atoms with E-state index in [1.165, 1.54) is 11.1 Å². The van der Waals surface area contributed by atoms with Crippen LogP contribution in [0.2, 0.25) is 0 Å². The molecule has 0 aliphatic carbocycles. The van der Waals surface area contributed by atoms with E-state index >= 15 is 0 Å². The van der Waals surface area contributed by atoms with Crippen molar-refractivity contribution in [3.8, 4) is 0 Å². The zero-order valence-corrected chi connectivity index (χ0v) is 9.70. The zero-order valence-electron chi connectivity index (χ0n) is 9.70. The third-order valence-electron chi connectivity index (χ3n) is 2.63. The standard InChI is InChI=1S/C13H16N2/c1-9-5-6-10(13(2,3)4)12-11(9)14-7-8-15-12/h5-8H,1-4H3. The molecular weight excluding hydrogens is 184 g/mol. The first-order chi connectivity index (χ1) is 7.00. The van der Waals surface area contributed by atoms with Crippen molar-refractivity contribution >= 4 is 11.0 Å². The minimum atomic E-state index is 0.113. The van der Waals surface area contributed by atoms with Crippen LogP contribution in [-0.4, -0.2) is 9.97 Å². The molecule has 0 saturated carbocycles. The molecule has 15 heavy (non-hydrogen) atoms. The topological polar surface area (TPSA) is 25.8 Å². The van der Waals surface area contributed by atoms with Crippen molar-refractivity contribution in [1.29, 1.82) is 0 Å². The van der Waals surface area contributed by atoms with Crippen LogP contribution in [0.25, 0.3) is 11.0 Å². The summed E-state index contributed by atoms with van der Waals surface area (Å²) in [6, 6.07) is 4.28. The van der Waals surface area contributed by atoms with Crippen LogP contribution in [0, 0.1) is 6.92 Å². The summed E-state index contributed by atoms with van der Waals surface area (Å²) in [5, 5.41) is 0. The van der Waals surface area contributed by atoms with E-state index in [0.717, 1.165) is 11.0 Å². The second-order valence-electron chi connectivity index (χ2n) is 4.93. The van der Waals surface area contributed by atoms with Gasteiger partial charge in [-0.3, -0.25) is 9.97 Å². The van der Waals surface area contributed by atoms with Gasteiger partial charge < -0.3 is 0 Å². The Morgan fingerprint density at radius 3 is 2.13 bits per heavy atom. The van der Waals surface area contributed by atoms with E-state index in [2.05, 4.69) is 49.8 Å². The van der Waals surface area contributed by atoms with Crippen LogP contribution in [0.1, 0.15) is 31.9 Å². The van der Waals surface area contributed by atoms with Gasteiger partial charge in [0.25, 0.3) is 0 Å². The molecule has 2 nitrogen and oxygen atoms in total. The summed E-state index contributed by atoms with van der Waals surface area (Å²) in [5.74, 6) is 0. The van der Waals surface area contributed by atoms with Crippen LogP contribution >= 0.6 is 0 Å². The maximum atomic E-state index is 4.45. The Bertz CT molecular complexity index is 495. The quantitative estimate of drug-likeness (QED) is 0.652. The maximum Gasteiger partial charge on any atom is 0.0926 e. The molecule has 1 aromatic heterocycles. The second kappa shape index (κ2) is 3.30. The van der Waals surface area contributed by atoms with Gasteiger partial charge in [0.2, 0.25) is 0 Å². The lowest BCUT2D eigenvalue weighted by Crippen LogP contribution is -2.12. The fourth-order valence-corrected chi connectivity index (χ4v) is 1.80. The van der Waals surface area contributed by atoms with Gasteiger partial charge in [-0.1, -0.05) is 32.9 Å². The van der Waals surface area contributed by atoms with Crippen LogP contribution in [-0.2, 0) is 5.41 Å². The molecule has 0 atom stereocenters. The Morgan fingerprint density at radius 1 is 0.933 bits per heavy atom. The van der Waals surface area contributed by atoms with Gasteiger partial charge in [-0.05, 0) is 23.5 Å². The molecule has 2 aromatic rings. The summed E-state index contributed by atoms with van der Waals surface area (Å²) < 4.78 is 0. The number of benzene rings is 1. The maximum absolute atomic E-state index is 4.45. The molecule has 0 radical (unpaired) electrons. The summed E-state index contributed by atoms with van der Waals surface area (Å²) in [6.45, 7) is 8.67. The highest BCUT2D eigenvalue weighted by Gasteiger charge is 2.18. The van der Waals surface area contributed by atoms with E-state index in [9.17, 15) is 0 Å². The number of aryl methyl sites for hydroxylation is 1. The van der Waals surface area contributed by atoms with Crippen molar-refractivity contribution in [2.45, 2.75) is 33.1 Å². The fourth-order valence-electron chi connectivity index (χ4n) is 1.80. The van der Waals surface area contributed by atoms with Gasteiger partial charge in [-0.15, -0.1) is 0 Å². The number of rotatable bonds is 0. The zero-order chi connectivity index (χ0) is 11.1. The fraction of sp³-hybridized carbons (Fsp3) is 0.385. The molecule has 0 N–H and O–H groups in total. The molecule has 0 aliphatic heterocycles. The van der Waals surface area contributed by atoms with Crippen LogP contribution in [0.4, 0.5) is 0 Å². The van der Waals surface area contributed by atoms with Crippen molar-refractivity contribution in [3.63, 3.8) is 0 Å². The third kappa shape index (κ3) is 1.72. The predicted octanol–water partition coefficient (Wildman–Crippen LogP) is 3.24. The molecule has 0 unspecified atom stereocenters. The number of hydrogen-bond donors (Lipinski definition) is 0. The van der Waals surface area contributed by atoms with Gasteiger partial charge in [-0.25, -0.2) is 0 Å². The van der Waals surface area contributed by atoms with E-state index in [-0.39, 0.29) is 5.41 Å². The highest BCUT2D eigenvalue weighted by Crippen LogP contribution is 2.28. The Morgan fingerprint density at radius 2 is 1.53 bits per heavy atom. The average molecular weight is 200 g/mol. The number of fused-ring (bicyclic) bond motifs is 1. The van der Waals surface area contributed by atoms with Gasteiger partial charge in [0.15, 0.2) is 0 Å². The molecule has 0 fully saturated rings. The molecular formula is C13H16N2. The van der Waals surface area contributed by atoms with Gasteiger partial charge in [0, 0.05) is 12.4 Å². The number of aromatic nitrogens is 2. The average Bonchev–Trinajstić information content (AvgIpc) is 2.17. The SMILES string of the molecule is Cc1ccc(C(C)(C)C)c2nccnc12. The first-order valence-corrected chi connectivity index (χ1v) is 5.21. The lowest BCUT2D eigenvalue weighted by Gasteiger charge is -2.20. The Kier molecular flexibility index (Phi) is 2.22. The van der Waals surface area contributed by atoms with Crippen LogP contribution in [0.15, 0.2) is 24.5 Å². The summed E-state index contributed by atoms with van der Waals surface area (Å²) in [5.41, 5.74) is 4.61. The first kappa shape index (κ1) is 10.1. The summed E-state index contributed by atoms with van der Waals surface area (Å²) in [4.78, 5) is 8.84. The highest BCUT2D eigenvalue weighted by atomic mass is 14.8. The molecule has 0 saturated heterocycles. The van der Waals surface area contributed by atoms with Crippen LogP contribution < -0.4 is 0 Å². The van der Waals surface area contributed by atoms with E-state index in [1.807, 2.05) is 0 Å². The molecule has 1 heterocycles. The Labute approximate surface area is 90.4 Å². The van der Waals surface area contributed by atoms with Crippen LogP contribution in [0.5, 0.6) is 0 Å². The highest BCUT2D eigenvalue weighted by molar-refractivity contribution is 5.81. The molecule has 0 bridgehead atoms. The Hall–Kier alpha value is -1.44. The van der Waals surface area contributed by atoms with Crippen molar-refractivity contribution in [1.82, 2.24) is 9.97 Å². The van der Waals surface area contributed by atoms with E-state index in [4.69, 9.17) is 0 Å². The largest absolute Gasteiger partial charge is 0.253 e. The second-order valence-corrected chi connectivity index (χ2v) is 4.93. The molecule has 2 rings (SSSR count). The molecule has 0 spiro atoms. The van der Waals surface area contributed by atoms with Gasteiger partial charge in [0.1, 0.15) is 0 Å². The van der Waals surface area contributed by atoms with Gasteiger partial charge >= 0.3 is 0 Å². The monoisotopic (exact) mass is 200 g/mol. The Balaban J connectivity index is 2.84. The van der Waals surface area contributed by atoms with Crippen molar-refractivity contribution in [2.75, 3.05) is 0 Å². The third-order valence-corrected chi connectivity index (χ3v) is 2.63. The summed E-state index contributed by atoms with van der Waals surface area (Å²) in [6.07, 6.45) is 3.51. The van der Waals surface area contributed by atoms with E-state index in [0.29, 0.717) is 0 Å². The van der Waals surface area contributed by atoms with Crippen molar-refractivity contribution in [2.24, 2.45) is 0 Å². The van der Waals surface area contributed by atoms with Crippen molar-refractivity contribution < 1.29 is 0 Å². The molecule has 0 aliphatic rings. The molecule has 1 aromatic carbocycles. The number of hydrogen-bond acceptors (Lipinski definition) is 2. The summed E-state index contributed by atoms with van der Waals surface area (Å²) >= 11 is 0. The van der Waals surface area contributed by atoms with Gasteiger partial charge in [0.05, 0.1) is 11.0 Å². The molecule has 78 valence electrons. The number of nitrogens with zero attached hydrogens (tertiary/aromatic N) is 2. The lowest BCUT2D eigenvalue weighted by molar-refractivity contribution is 0.594. The molecule has 2 heteroatoms. The molecule has 0 amide bonds. The minimum Gasteiger partial charge on any atom is -0.253 e. The van der Waals surface area contributed by atoms with Crippen molar-refractivity contribution in [3.05, 3.63) is 35.7 Å². The first-order valence-electron chi connectivity index (χ1n) is 5.21. The van der Waals surface area contributed by atoms with E-state index < -0.39 is 0 Å². The predicted molar refractivity (Wildman–Crippen MR) is 63.0 cm³/mol.